The maximum Gasteiger partial charge on any atom is 0.173 e. The summed E-state index contributed by atoms with van der Waals surface area (Å²) in [7, 11) is -1.27. The molecule has 0 spiro atoms. The lowest BCUT2D eigenvalue weighted by Crippen LogP contribution is -2.01. The van der Waals surface area contributed by atoms with Gasteiger partial charge in [-0.15, -0.1) is 0 Å². The van der Waals surface area contributed by atoms with E-state index in [1.165, 1.54) is 0 Å². The van der Waals surface area contributed by atoms with Gasteiger partial charge in [0.05, 0.1) is 0 Å². The van der Waals surface area contributed by atoms with Gasteiger partial charge < -0.3 is 4.80 Å². The predicted molar refractivity (Wildman–Crippen MR) is 34.9 cm³/mol. The van der Waals surface area contributed by atoms with Crippen molar-refractivity contribution in [2.45, 2.75) is 19.5 Å². The molecule has 1 N–H and O–H groups in total. The summed E-state index contributed by atoms with van der Waals surface area (Å²) in [5.41, 5.74) is 0. The molecule has 0 radical (unpaired) electrons. The molecule has 1 unspecified atom stereocenters. The van der Waals surface area contributed by atoms with Crippen LogP contribution in [0.15, 0.2) is 12.2 Å². The number of hydrogen-bond acceptors (Lipinski definition) is 1. The molecule has 0 bridgehead atoms. The van der Waals surface area contributed by atoms with E-state index >= 15 is 0 Å². The molecule has 7 heavy (non-hydrogen) atoms. The molecule has 0 amide bonds. The Kier molecular flexibility index (Phi) is 4.04. The van der Waals surface area contributed by atoms with Gasteiger partial charge in [-0.25, -0.2) is 0 Å². The number of rotatable bonds is 2. The van der Waals surface area contributed by atoms with Gasteiger partial charge in [0, 0.05) is 0 Å². The van der Waals surface area contributed by atoms with Gasteiger partial charge in [-0.1, -0.05) is 12.2 Å². The highest BCUT2D eigenvalue weighted by atomic mass is 28.3. The highest BCUT2D eigenvalue weighted by Gasteiger charge is 1.89. The van der Waals surface area contributed by atoms with Gasteiger partial charge in [0.25, 0.3) is 0 Å². The van der Waals surface area contributed by atoms with E-state index in [0.29, 0.717) is 0 Å². The van der Waals surface area contributed by atoms with E-state index in [9.17, 15) is 0 Å². The Balaban J connectivity index is 2.97. The molecule has 0 aliphatic rings. The van der Waals surface area contributed by atoms with Crippen LogP contribution in [-0.4, -0.2) is 13.8 Å². The molecule has 0 saturated heterocycles. The molecular formula is C5H12OSi. The first-order valence-electron chi connectivity index (χ1n) is 2.56. The Morgan fingerprint density at radius 3 is 2.43 bits per heavy atom. The lowest BCUT2D eigenvalue weighted by atomic mass is 10.6. The lowest BCUT2D eigenvalue weighted by molar-refractivity contribution is 0.582. The van der Waals surface area contributed by atoms with E-state index in [1.807, 2.05) is 25.6 Å². The van der Waals surface area contributed by atoms with Crippen LogP contribution in [-0.2, 0) is 0 Å². The first kappa shape index (κ1) is 6.92. The summed E-state index contributed by atoms with van der Waals surface area (Å²) in [5.74, 6) is 0. The summed E-state index contributed by atoms with van der Waals surface area (Å²) in [5, 5.41) is 0. The zero-order valence-electron chi connectivity index (χ0n) is 4.89. The number of hydrogen-bond donors (Lipinski definition) is 1. The van der Waals surface area contributed by atoms with Crippen molar-refractivity contribution in [1.29, 1.82) is 0 Å². The van der Waals surface area contributed by atoms with Crippen molar-refractivity contribution in [3.8, 4) is 0 Å². The maximum absolute atomic E-state index is 8.77. The van der Waals surface area contributed by atoms with E-state index < -0.39 is 9.04 Å². The fourth-order valence-corrected chi connectivity index (χ4v) is 0.999. The van der Waals surface area contributed by atoms with Crippen LogP contribution >= 0.6 is 0 Å². The summed E-state index contributed by atoms with van der Waals surface area (Å²) in [6.45, 7) is 3.89. The largest absolute Gasteiger partial charge is 0.435 e. The second kappa shape index (κ2) is 4.09. The molecule has 1 nitrogen and oxygen atoms in total. The first-order chi connectivity index (χ1) is 3.27. The lowest BCUT2D eigenvalue weighted by Gasteiger charge is -1.90. The smallest absolute Gasteiger partial charge is 0.173 e. The SMILES string of the molecule is CC=CC[SiH](C)O. The molecule has 0 saturated carbocycles. The van der Waals surface area contributed by atoms with Gasteiger partial charge >= 0.3 is 0 Å². The summed E-state index contributed by atoms with van der Waals surface area (Å²) in [4.78, 5) is 8.77. The van der Waals surface area contributed by atoms with Gasteiger partial charge in [0.1, 0.15) is 0 Å². The van der Waals surface area contributed by atoms with Crippen LogP contribution in [0.1, 0.15) is 6.92 Å². The molecule has 0 aromatic rings. The molecule has 0 aromatic heterocycles. The third-order valence-electron chi connectivity index (χ3n) is 0.713. The van der Waals surface area contributed by atoms with Crippen molar-refractivity contribution >= 4 is 9.04 Å². The van der Waals surface area contributed by atoms with E-state index in [4.69, 9.17) is 4.80 Å². The standard InChI is InChI=1S/C5H12OSi/c1-3-4-5-7(2)6/h3-4,6-7H,5H2,1-2H3. The molecule has 0 aliphatic carbocycles. The summed E-state index contributed by atoms with van der Waals surface area (Å²) in [6, 6.07) is 0.913. The Labute approximate surface area is 46.4 Å². The van der Waals surface area contributed by atoms with Crippen molar-refractivity contribution in [2.75, 3.05) is 0 Å². The van der Waals surface area contributed by atoms with E-state index in [0.717, 1.165) is 6.04 Å². The molecule has 42 valence electrons. The van der Waals surface area contributed by atoms with Crippen molar-refractivity contribution in [1.82, 2.24) is 0 Å². The summed E-state index contributed by atoms with van der Waals surface area (Å²) < 4.78 is 0. The third-order valence-corrected chi connectivity index (χ3v) is 1.67. The van der Waals surface area contributed by atoms with Crippen LogP contribution in [0.2, 0.25) is 12.6 Å². The van der Waals surface area contributed by atoms with Crippen molar-refractivity contribution in [3.63, 3.8) is 0 Å². The summed E-state index contributed by atoms with van der Waals surface area (Å²) in [6.07, 6.45) is 3.98. The second-order valence-electron chi connectivity index (χ2n) is 1.65. The Bertz CT molecular complexity index is 59.1. The minimum absolute atomic E-state index is 0.913. The van der Waals surface area contributed by atoms with E-state index in [-0.39, 0.29) is 0 Å². The van der Waals surface area contributed by atoms with Crippen LogP contribution < -0.4 is 0 Å². The molecule has 0 heterocycles. The molecule has 0 aromatic carbocycles. The van der Waals surface area contributed by atoms with Crippen molar-refractivity contribution < 1.29 is 4.80 Å². The van der Waals surface area contributed by atoms with Crippen molar-refractivity contribution in [3.05, 3.63) is 12.2 Å². The average molecular weight is 116 g/mol. The topological polar surface area (TPSA) is 20.2 Å². The predicted octanol–water partition coefficient (Wildman–Crippen LogP) is 0.908. The highest BCUT2D eigenvalue weighted by molar-refractivity contribution is 6.49. The van der Waals surface area contributed by atoms with Crippen molar-refractivity contribution in [2.24, 2.45) is 0 Å². The first-order valence-corrected chi connectivity index (χ1v) is 5.05. The fraction of sp³-hybridized carbons (Fsp3) is 0.600. The van der Waals surface area contributed by atoms with Gasteiger partial charge in [-0.3, -0.25) is 0 Å². The zero-order valence-corrected chi connectivity index (χ0v) is 6.04. The minimum Gasteiger partial charge on any atom is -0.435 e. The van der Waals surface area contributed by atoms with Crippen LogP contribution in [0.5, 0.6) is 0 Å². The molecule has 0 rings (SSSR count). The van der Waals surface area contributed by atoms with Crippen LogP contribution in [0, 0.1) is 0 Å². The van der Waals surface area contributed by atoms with Crippen LogP contribution in [0.4, 0.5) is 0 Å². The maximum atomic E-state index is 8.77. The average Bonchev–Trinajstić information content (AvgIpc) is 1.61. The fourth-order valence-electron chi connectivity index (χ4n) is 0.333. The highest BCUT2D eigenvalue weighted by Crippen LogP contribution is 1.86. The van der Waals surface area contributed by atoms with Gasteiger partial charge in [-0.2, -0.15) is 0 Å². The van der Waals surface area contributed by atoms with Gasteiger partial charge in [0.15, 0.2) is 9.04 Å². The Morgan fingerprint density at radius 1 is 1.71 bits per heavy atom. The molecule has 0 fully saturated rings. The third kappa shape index (κ3) is 5.92. The van der Waals surface area contributed by atoms with E-state index in [1.54, 1.807) is 0 Å². The summed E-state index contributed by atoms with van der Waals surface area (Å²) >= 11 is 0. The van der Waals surface area contributed by atoms with Gasteiger partial charge in [-0.05, 0) is 19.5 Å². The Hall–Kier alpha value is -0.0831. The monoisotopic (exact) mass is 116 g/mol. The molecule has 2 heteroatoms. The zero-order chi connectivity index (χ0) is 5.70. The molecular weight excluding hydrogens is 104 g/mol. The normalized spacial score (nSPS) is 15.3. The number of allylic oxidation sites excluding steroid dienone is 2. The quantitative estimate of drug-likeness (QED) is 0.420. The van der Waals surface area contributed by atoms with Gasteiger partial charge in [0.2, 0.25) is 0 Å². The van der Waals surface area contributed by atoms with E-state index in [2.05, 4.69) is 0 Å². The second-order valence-corrected chi connectivity index (χ2v) is 3.82. The molecule has 0 aliphatic heterocycles. The molecule has 1 atom stereocenters. The Morgan fingerprint density at radius 2 is 2.29 bits per heavy atom. The minimum atomic E-state index is -1.27. The van der Waals surface area contributed by atoms with Crippen LogP contribution in [0.25, 0.3) is 0 Å². The van der Waals surface area contributed by atoms with Crippen LogP contribution in [0.3, 0.4) is 0 Å².